The Morgan fingerprint density at radius 3 is 1.57 bits per heavy atom. The lowest BCUT2D eigenvalue weighted by molar-refractivity contribution is 0.999. The lowest BCUT2D eigenvalue weighted by Gasteiger charge is -2.32. The number of benzene rings is 5. The first-order valence-corrected chi connectivity index (χ1v) is 13.2. The van der Waals surface area contributed by atoms with Crippen LogP contribution in [0, 0.1) is 0 Å². The van der Waals surface area contributed by atoms with Crippen LogP contribution in [0.15, 0.2) is 133 Å². The van der Waals surface area contributed by atoms with Crippen molar-refractivity contribution in [2.75, 3.05) is 4.90 Å². The highest BCUT2D eigenvalue weighted by Gasteiger charge is 2.30. The van der Waals surface area contributed by atoms with Gasteiger partial charge in [0.05, 0.1) is 28.1 Å². The molecule has 188 valence electrons. The van der Waals surface area contributed by atoms with E-state index < -0.39 is 0 Å². The van der Waals surface area contributed by atoms with E-state index >= 15 is 0 Å². The van der Waals surface area contributed by atoms with Crippen molar-refractivity contribution in [2.24, 2.45) is 0 Å². The van der Waals surface area contributed by atoms with Crippen LogP contribution >= 0.6 is 0 Å². The number of aromatic nitrogens is 5. The molecule has 0 aliphatic carbocycles. The van der Waals surface area contributed by atoms with Gasteiger partial charge in [0.2, 0.25) is 0 Å². The predicted molar refractivity (Wildman–Crippen MR) is 159 cm³/mol. The third-order valence-electron chi connectivity index (χ3n) is 7.17. The van der Waals surface area contributed by atoms with E-state index in [4.69, 9.17) is 19.9 Å². The Bertz CT molecular complexity index is 1940. The van der Waals surface area contributed by atoms with Gasteiger partial charge in [-0.05, 0) is 36.4 Å². The van der Waals surface area contributed by atoms with E-state index in [-0.39, 0.29) is 0 Å². The maximum Gasteiger partial charge on any atom is 0.200 e. The monoisotopic (exact) mass is 514 g/mol. The zero-order valence-electron chi connectivity index (χ0n) is 21.4. The van der Waals surface area contributed by atoms with E-state index in [1.807, 2.05) is 72.8 Å². The average molecular weight is 515 g/mol. The summed E-state index contributed by atoms with van der Waals surface area (Å²) in [5.41, 5.74) is 7.98. The number of para-hydroxylation sites is 4. The highest BCUT2D eigenvalue weighted by atomic mass is 15.2. The predicted octanol–water partition coefficient (Wildman–Crippen LogP) is 7.99. The lowest BCUT2D eigenvalue weighted by Crippen LogP contribution is -2.18. The molecule has 0 fully saturated rings. The molecule has 1 aliphatic heterocycles. The van der Waals surface area contributed by atoms with Gasteiger partial charge in [-0.1, -0.05) is 97.1 Å². The first kappa shape index (κ1) is 22.4. The van der Waals surface area contributed by atoms with Crippen molar-refractivity contribution in [1.29, 1.82) is 0 Å². The fraction of sp³-hybridized carbons (Fsp3) is 0. The topological polar surface area (TPSA) is 59.7 Å². The Morgan fingerprint density at radius 1 is 0.400 bits per heavy atom. The fourth-order valence-electron chi connectivity index (χ4n) is 5.41. The summed E-state index contributed by atoms with van der Waals surface area (Å²) in [5.74, 6) is 2.43. The first-order valence-electron chi connectivity index (χ1n) is 13.2. The smallest absolute Gasteiger partial charge is 0.200 e. The van der Waals surface area contributed by atoms with E-state index in [0.29, 0.717) is 23.3 Å². The summed E-state index contributed by atoms with van der Waals surface area (Å²) in [6, 6.07) is 45.1. The van der Waals surface area contributed by atoms with Crippen molar-refractivity contribution in [2.45, 2.75) is 0 Å². The number of hydrogen-bond acceptors (Lipinski definition) is 5. The van der Waals surface area contributed by atoms with Gasteiger partial charge in [0, 0.05) is 16.8 Å². The second-order valence-electron chi connectivity index (χ2n) is 9.61. The van der Waals surface area contributed by atoms with Crippen LogP contribution in [0.4, 0.5) is 17.1 Å². The molecule has 6 heteroatoms. The summed E-state index contributed by atoms with van der Waals surface area (Å²) in [6.45, 7) is 0. The summed E-state index contributed by atoms with van der Waals surface area (Å²) in [6.07, 6.45) is 0. The number of imidazole rings is 1. The van der Waals surface area contributed by atoms with E-state index in [0.717, 1.165) is 44.9 Å². The van der Waals surface area contributed by atoms with Gasteiger partial charge in [0.25, 0.3) is 0 Å². The quantitative estimate of drug-likeness (QED) is 0.238. The summed E-state index contributed by atoms with van der Waals surface area (Å²) in [7, 11) is 0. The van der Waals surface area contributed by atoms with Crippen molar-refractivity contribution < 1.29 is 0 Å². The second kappa shape index (κ2) is 8.99. The maximum atomic E-state index is 5.13. The van der Waals surface area contributed by atoms with Crippen LogP contribution in [0.1, 0.15) is 0 Å². The molecule has 0 N–H and O–H groups in total. The van der Waals surface area contributed by atoms with Gasteiger partial charge in [-0.2, -0.15) is 0 Å². The molecule has 3 heterocycles. The SMILES string of the molecule is c1ccc(-c2nc(-c3ccccc3)nc(-c3nc4cccc5c4n3-c3ccccc3N5c3ccccc3)n2)cc1. The van der Waals surface area contributed by atoms with Gasteiger partial charge in [-0.3, -0.25) is 4.57 Å². The molecule has 8 rings (SSSR count). The molecule has 0 unspecified atom stereocenters. The van der Waals surface area contributed by atoms with E-state index in [9.17, 15) is 0 Å². The minimum Gasteiger partial charge on any atom is -0.306 e. The van der Waals surface area contributed by atoms with Crippen LogP contribution in [-0.2, 0) is 0 Å². The second-order valence-corrected chi connectivity index (χ2v) is 9.61. The molecule has 2 aromatic heterocycles. The number of rotatable bonds is 4. The summed E-state index contributed by atoms with van der Waals surface area (Å²) in [4.78, 5) is 22.3. The Hall–Kier alpha value is -5.62. The standard InChI is InChI=1S/C34H22N6/c1-4-13-23(14-5-1)31-36-32(24-15-6-2-7-16-24)38-33(37-31)34-35-26-19-12-22-29-30(26)40(34)28-21-11-10-20-27(28)39(29)25-17-8-3-9-18-25/h1-22H. The van der Waals surface area contributed by atoms with Crippen LogP contribution in [0.25, 0.3) is 51.1 Å². The Morgan fingerprint density at radius 2 is 0.925 bits per heavy atom. The molecule has 0 bridgehead atoms. The van der Waals surface area contributed by atoms with Crippen molar-refractivity contribution >= 4 is 28.1 Å². The zero-order valence-corrected chi connectivity index (χ0v) is 21.4. The van der Waals surface area contributed by atoms with Crippen LogP contribution < -0.4 is 4.90 Å². The highest BCUT2D eigenvalue weighted by molar-refractivity contribution is 6.02. The molecule has 0 saturated heterocycles. The first-order chi connectivity index (χ1) is 19.8. The van der Waals surface area contributed by atoms with Crippen molar-refractivity contribution in [3.63, 3.8) is 0 Å². The van der Waals surface area contributed by atoms with E-state index in [1.54, 1.807) is 0 Å². The van der Waals surface area contributed by atoms with Gasteiger partial charge in [0.15, 0.2) is 23.3 Å². The number of fused-ring (bicyclic) bond motifs is 2. The van der Waals surface area contributed by atoms with Crippen LogP contribution in [0.2, 0.25) is 0 Å². The molecule has 6 nitrogen and oxygen atoms in total. The van der Waals surface area contributed by atoms with Crippen LogP contribution in [-0.4, -0.2) is 24.5 Å². The van der Waals surface area contributed by atoms with Crippen LogP contribution in [0.5, 0.6) is 0 Å². The minimum atomic E-state index is 0.526. The highest BCUT2D eigenvalue weighted by Crippen LogP contribution is 2.47. The van der Waals surface area contributed by atoms with Gasteiger partial charge in [-0.25, -0.2) is 19.9 Å². The lowest BCUT2D eigenvalue weighted by atomic mass is 10.1. The Kier molecular flexibility index (Phi) is 5.03. The number of hydrogen-bond donors (Lipinski definition) is 0. The fourth-order valence-corrected chi connectivity index (χ4v) is 5.41. The average Bonchev–Trinajstić information content (AvgIpc) is 3.43. The molecule has 0 saturated carbocycles. The summed E-state index contributed by atoms with van der Waals surface area (Å²) < 4.78 is 2.19. The van der Waals surface area contributed by atoms with E-state index in [2.05, 4.69) is 70.1 Å². The minimum absolute atomic E-state index is 0.526. The van der Waals surface area contributed by atoms with Gasteiger partial charge >= 0.3 is 0 Å². The largest absolute Gasteiger partial charge is 0.306 e. The van der Waals surface area contributed by atoms with Crippen molar-refractivity contribution in [1.82, 2.24) is 24.5 Å². The zero-order chi connectivity index (χ0) is 26.5. The van der Waals surface area contributed by atoms with E-state index in [1.165, 1.54) is 0 Å². The molecular formula is C34H22N6. The molecule has 5 aromatic carbocycles. The van der Waals surface area contributed by atoms with Gasteiger partial charge in [0.1, 0.15) is 0 Å². The Balaban J connectivity index is 1.43. The molecule has 40 heavy (non-hydrogen) atoms. The molecule has 7 aromatic rings. The van der Waals surface area contributed by atoms with Gasteiger partial charge in [-0.15, -0.1) is 0 Å². The molecule has 0 atom stereocenters. The third kappa shape index (κ3) is 3.50. The number of nitrogens with zero attached hydrogens (tertiary/aromatic N) is 6. The normalized spacial score (nSPS) is 11.9. The van der Waals surface area contributed by atoms with Crippen molar-refractivity contribution in [3.8, 4) is 40.1 Å². The summed E-state index contributed by atoms with van der Waals surface area (Å²) in [5, 5.41) is 0. The van der Waals surface area contributed by atoms with Crippen molar-refractivity contribution in [3.05, 3.63) is 133 Å². The summed E-state index contributed by atoms with van der Waals surface area (Å²) >= 11 is 0. The van der Waals surface area contributed by atoms with Crippen LogP contribution in [0.3, 0.4) is 0 Å². The molecule has 0 amide bonds. The van der Waals surface area contributed by atoms with Gasteiger partial charge < -0.3 is 4.90 Å². The third-order valence-corrected chi connectivity index (χ3v) is 7.17. The Labute approximate surface area is 230 Å². The number of anilines is 3. The molecule has 1 aliphatic rings. The molecule has 0 spiro atoms. The molecule has 0 radical (unpaired) electrons. The molecular weight excluding hydrogens is 492 g/mol. The maximum absolute atomic E-state index is 5.13.